The number of aliphatic hydroxyl groups is 1. The number of nitrogens with zero attached hydrogens (tertiary/aromatic N) is 1. The Labute approximate surface area is 206 Å². The zero-order valence-corrected chi connectivity index (χ0v) is 20.4. The van der Waals surface area contributed by atoms with Crippen LogP contribution in [0.25, 0.3) is 0 Å². The number of amides is 1. The van der Waals surface area contributed by atoms with E-state index in [1.807, 2.05) is 37.3 Å². The lowest BCUT2D eigenvalue weighted by Crippen LogP contribution is -2.54. The van der Waals surface area contributed by atoms with Gasteiger partial charge < -0.3 is 10.4 Å². The van der Waals surface area contributed by atoms with Gasteiger partial charge in [0, 0.05) is 17.2 Å². The number of nitrogens with one attached hydrogen (secondary N) is 1. The second kappa shape index (κ2) is 9.19. The lowest BCUT2D eigenvalue weighted by Gasteiger charge is -2.54. The normalized spacial score (nSPS) is 26.3. The number of alkyl halides is 1. The number of aromatic nitrogens is 1. The molecule has 1 heterocycles. The van der Waals surface area contributed by atoms with Crippen LogP contribution in [0, 0.1) is 12.8 Å². The molecule has 182 valence electrons. The van der Waals surface area contributed by atoms with Gasteiger partial charge >= 0.3 is 0 Å². The number of carbonyl (C=O) groups excluding carboxylic acids is 1. The fourth-order valence-corrected chi connectivity index (χ4v) is 6.32. The van der Waals surface area contributed by atoms with Gasteiger partial charge in [0.2, 0.25) is 0 Å². The van der Waals surface area contributed by atoms with Crippen LogP contribution < -0.4 is 5.32 Å². The average Bonchev–Trinajstić information content (AvgIpc) is 2.86. The first-order valence-electron chi connectivity index (χ1n) is 12.6. The van der Waals surface area contributed by atoms with Crippen molar-refractivity contribution in [2.45, 2.75) is 69.6 Å². The van der Waals surface area contributed by atoms with E-state index < -0.39 is 11.8 Å². The first-order valence-corrected chi connectivity index (χ1v) is 12.6. The van der Waals surface area contributed by atoms with E-state index in [1.165, 1.54) is 23.6 Å². The van der Waals surface area contributed by atoms with E-state index in [0.717, 1.165) is 31.4 Å². The Hall–Kier alpha value is -3.05. The molecule has 0 saturated heterocycles. The molecule has 4 nitrogen and oxygen atoms in total. The molecule has 2 aliphatic carbocycles. The van der Waals surface area contributed by atoms with Crippen LogP contribution in [0.3, 0.4) is 0 Å². The number of hydrogen-bond donors (Lipinski definition) is 2. The number of anilines is 1. The molecule has 35 heavy (non-hydrogen) atoms. The maximum Gasteiger partial charge on any atom is 0.255 e. The number of aryl methyl sites for hydroxylation is 2. The molecule has 1 aromatic heterocycles. The summed E-state index contributed by atoms with van der Waals surface area (Å²) in [7, 11) is 0. The van der Waals surface area contributed by atoms with Gasteiger partial charge in [-0.15, -0.1) is 0 Å². The molecule has 1 amide bonds. The highest BCUT2D eigenvalue weighted by molar-refractivity contribution is 6.04. The van der Waals surface area contributed by atoms with Crippen LogP contribution in [-0.4, -0.2) is 27.8 Å². The van der Waals surface area contributed by atoms with Crippen molar-refractivity contribution < 1.29 is 14.3 Å². The summed E-state index contributed by atoms with van der Waals surface area (Å²) in [6.45, 7) is 3.36. The minimum Gasteiger partial charge on any atom is -0.387 e. The second-order valence-electron chi connectivity index (χ2n) is 10.4. The fourth-order valence-electron chi connectivity index (χ4n) is 6.32. The largest absolute Gasteiger partial charge is 0.387 e. The van der Waals surface area contributed by atoms with Crippen molar-refractivity contribution in [3.8, 4) is 0 Å². The highest BCUT2D eigenvalue weighted by atomic mass is 19.1. The van der Waals surface area contributed by atoms with Crippen molar-refractivity contribution in [2.24, 2.45) is 5.92 Å². The minimum absolute atomic E-state index is 0.146. The first kappa shape index (κ1) is 23.7. The van der Waals surface area contributed by atoms with E-state index in [-0.39, 0.29) is 17.2 Å². The summed E-state index contributed by atoms with van der Waals surface area (Å²) in [5.74, 6) is 0.0391. The topological polar surface area (TPSA) is 62.2 Å². The Morgan fingerprint density at radius 3 is 2.71 bits per heavy atom. The lowest BCUT2D eigenvalue weighted by molar-refractivity contribution is -0.0945. The number of pyridine rings is 1. The zero-order chi connectivity index (χ0) is 24.6. The van der Waals surface area contributed by atoms with Gasteiger partial charge in [0.25, 0.3) is 5.91 Å². The number of rotatable bonds is 5. The molecule has 3 aromatic rings. The Morgan fingerprint density at radius 2 is 1.97 bits per heavy atom. The summed E-state index contributed by atoms with van der Waals surface area (Å²) in [5, 5.41) is 14.0. The van der Waals surface area contributed by atoms with Gasteiger partial charge in [-0.1, -0.05) is 36.4 Å². The lowest BCUT2D eigenvalue weighted by atomic mass is 9.52. The van der Waals surface area contributed by atoms with Crippen molar-refractivity contribution in [2.75, 3.05) is 5.32 Å². The Balaban J connectivity index is 1.50. The predicted molar refractivity (Wildman–Crippen MR) is 136 cm³/mol. The molecule has 1 fully saturated rings. The maximum atomic E-state index is 14.4. The van der Waals surface area contributed by atoms with E-state index >= 15 is 0 Å². The molecule has 1 unspecified atom stereocenters. The Kier molecular flexibility index (Phi) is 6.22. The van der Waals surface area contributed by atoms with Gasteiger partial charge in [-0.3, -0.25) is 9.78 Å². The number of halogens is 1. The molecule has 2 aromatic carbocycles. The summed E-state index contributed by atoms with van der Waals surface area (Å²) in [6, 6.07) is 20.1. The molecule has 2 N–H and O–H groups in total. The average molecular weight is 473 g/mol. The molecule has 0 spiro atoms. The van der Waals surface area contributed by atoms with Crippen LogP contribution in [-0.2, 0) is 18.3 Å². The van der Waals surface area contributed by atoms with Crippen molar-refractivity contribution >= 4 is 11.6 Å². The van der Waals surface area contributed by atoms with E-state index in [1.54, 1.807) is 6.20 Å². The number of fused-ring (bicyclic) bond motifs is 3. The number of benzene rings is 2. The summed E-state index contributed by atoms with van der Waals surface area (Å²) in [6.07, 6.45) is 4.65. The third-order valence-electron chi connectivity index (χ3n) is 8.41. The Morgan fingerprint density at radius 1 is 1.17 bits per heavy atom. The second-order valence-corrected chi connectivity index (χ2v) is 10.4. The fraction of sp³-hybridized carbons (Fsp3) is 0.400. The predicted octanol–water partition coefficient (Wildman–Crippen LogP) is 5.96. The van der Waals surface area contributed by atoms with Gasteiger partial charge in [-0.05, 0) is 99.2 Å². The molecular weight excluding hydrogens is 439 g/mol. The van der Waals surface area contributed by atoms with Crippen molar-refractivity contribution in [3.63, 3.8) is 0 Å². The third-order valence-corrected chi connectivity index (χ3v) is 8.41. The van der Waals surface area contributed by atoms with Crippen LogP contribution in [0.15, 0.2) is 66.9 Å². The molecule has 5 heteroatoms. The van der Waals surface area contributed by atoms with Crippen LogP contribution in [0.2, 0.25) is 0 Å². The summed E-state index contributed by atoms with van der Waals surface area (Å²) < 4.78 is 14.4. The van der Waals surface area contributed by atoms with Gasteiger partial charge in [-0.25, -0.2) is 4.39 Å². The SMILES string of the molecule is Cc1ncccc1NC(=O)c1ccc2c(c1)CC[C@@H]1C[C@@](O)(C(C)F)CC[C@@]21Cc1ccccc1. The van der Waals surface area contributed by atoms with Gasteiger partial charge in [0.15, 0.2) is 0 Å². The van der Waals surface area contributed by atoms with E-state index in [9.17, 15) is 14.3 Å². The van der Waals surface area contributed by atoms with Crippen LogP contribution >= 0.6 is 0 Å². The molecular formula is C30H33FN2O2. The third kappa shape index (κ3) is 4.38. The standard InChI is InChI=1S/C30H33FN2O2/c1-20-27(9-6-16-32-20)33-28(34)24-11-13-26-23(17-24)10-12-25-19-30(35,21(2)31)15-14-29(25,26)18-22-7-4-3-5-8-22/h3-9,11,13,16-17,21,25,35H,10,12,14-15,18-19H2,1-2H3,(H,33,34)/t21?,25-,29+,30-/m1/s1. The Bertz CT molecular complexity index is 1230. The summed E-state index contributed by atoms with van der Waals surface area (Å²) in [5.41, 5.74) is 4.37. The molecule has 5 rings (SSSR count). The van der Waals surface area contributed by atoms with Gasteiger partial charge in [0.1, 0.15) is 6.17 Å². The molecule has 1 saturated carbocycles. The molecule has 4 atom stereocenters. The van der Waals surface area contributed by atoms with E-state index in [2.05, 4.69) is 40.6 Å². The maximum absolute atomic E-state index is 14.4. The smallest absolute Gasteiger partial charge is 0.255 e. The highest BCUT2D eigenvalue weighted by Crippen LogP contribution is 2.55. The van der Waals surface area contributed by atoms with E-state index in [0.29, 0.717) is 24.1 Å². The monoisotopic (exact) mass is 472 g/mol. The van der Waals surface area contributed by atoms with Crippen LogP contribution in [0.1, 0.15) is 65.3 Å². The van der Waals surface area contributed by atoms with Crippen LogP contribution in [0.5, 0.6) is 0 Å². The molecule has 0 aliphatic heterocycles. The van der Waals surface area contributed by atoms with Crippen LogP contribution in [0.4, 0.5) is 10.1 Å². The first-order chi connectivity index (χ1) is 16.8. The quantitative estimate of drug-likeness (QED) is 0.482. The molecule has 0 bridgehead atoms. The minimum atomic E-state index is -1.26. The van der Waals surface area contributed by atoms with E-state index in [4.69, 9.17) is 0 Å². The molecule has 2 aliphatic rings. The number of hydrogen-bond acceptors (Lipinski definition) is 3. The van der Waals surface area contributed by atoms with Crippen molar-refractivity contribution in [1.29, 1.82) is 0 Å². The molecule has 0 radical (unpaired) electrons. The number of carbonyl (C=O) groups is 1. The summed E-state index contributed by atoms with van der Waals surface area (Å²) >= 11 is 0. The van der Waals surface area contributed by atoms with Gasteiger partial charge in [0.05, 0.1) is 17.0 Å². The highest BCUT2D eigenvalue weighted by Gasteiger charge is 2.53. The summed E-state index contributed by atoms with van der Waals surface area (Å²) in [4.78, 5) is 17.3. The zero-order valence-electron chi connectivity index (χ0n) is 20.4. The van der Waals surface area contributed by atoms with Crippen molar-refractivity contribution in [3.05, 3.63) is 94.8 Å². The van der Waals surface area contributed by atoms with Crippen molar-refractivity contribution in [1.82, 2.24) is 4.98 Å². The van der Waals surface area contributed by atoms with Gasteiger partial charge in [-0.2, -0.15) is 0 Å².